The fraction of sp³-hybridized carbons (Fsp3) is 0.556. The molecule has 5 heteroatoms. The number of nitrogens with two attached hydrogens (primary N) is 1. The topological polar surface area (TPSA) is 81.1 Å². The number of aromatic nitrogens is 2. The molecule has 0 saturated heterocycles. The molecule has 0 spiro atoms. The lowest BCUT2D eigenvalue weighted by Gasteiger charge is -2.05. The minimum absolute atomic E-state index is 0.273. The van der Waals surface area contributed by atoms with E-state index in [1.165, 1.54) is 0 Å². The van der Waals surface area contributed by atoms with E-state index in [2.05, 4.69) is 5.10 Å². The van der Waals surface area contributed by atoms with Gasteiger partial charge in [0.2, 0.25) is 0 Å². The summed E-state index contributed by atoms with van der Waals surface area (Å²) in [5.74, 6) is -0.996. The van der Waals surface area contributed by atoms with Gasteiger partial charge in [0.05, 0.1) is 5.69 Å². The number of nitrogens with zero attached hydrogens (tertiary/aromatic N) is 2. The van der Waals surface area contributed by atoms with Crippen LogP contribution in [0.15, 0.2) is 12.3 Å². The van der Waals surface area contributed by atoms with Crippen LogP contribution in [-0.2, 0) is 11.2 Å². The van der Waals surface area contributed by atoms with Crippen LogP contribution >= 0.6 is 0 Å². The van der Waals surface area contributed by atoms with Crippen LogP contribution in [0.3, 0.4) is 0 Å². The standard InChI is InChI=1S/C9H15N3O2/c1-6(2)12-4-3-7(11-12)5-8(10)9(13)14/h3-4,6,8H,5,10H2,1-2H3,(H,13,14). The molecule has 0 aliphatic heterocycles. The SMILES string of the molecule is CC(C)n1ccc(CC(N)C(=O)O)n1. The van der Waals surface area contributed by atoms with E-state index in [0.717, 1.165) is 0 Å². The van der Waals surface area contributed by atoms with Gasteiger partial charge >= 0.3 is 5.97 Å². The van der Waals surface area contributed by atoms with Gasteiger partial charge in [0.15, 0.2) is 0 Å². The quantitative estimate of drug-likeness (QED) is 0.732. The number of hydrogen-bond donors (Lipinski definition) is 2. The third-order valence-electron chi connectivity index (χ3n) is 1.94. The molecule has 0 aliphatic carbocycles. The maximum Gasteiger partial charge on any atom is 0.320 e. The lowest BCUT2D eigenvalue weighted by molar-refractivity contribution is -0.138. The van der Waals surface area contributed by atoms with Gasteiger partial charge in [-0.25, -0.2) is 0 Å². The summed E-state index contributed by atoms with van der Waals surface area (Å²) in [5, 5.41) is 12.8. The minimum atomic E-state index is -0.996. The Hall–Kier alpha value is -1.36. The van der Waals surface area contributed by atoms with Crippen molar-refractivity contribution in [2.75, 3.05) is 0 Å². The van der Waals surface area contributed by atoms with E-state index in [4.69, 9.17) is 10.8 Å². The van der Waals surface area contributed by atoms with Gasteiger partial charge in [0, 0.05) is 18.7 Å². The van der Waals surface area contributed by atoms with E-state index in [1.54, 1.807) is 10.7 Å². The van der Waals surface area contributed by atoms with Crippen molar-refractivity contribution in [2.45, 2.75) is 32.4 Å². The van der Waals surface area contributed by atoms with Gasteiger partial charge in [-0.2, -0.15) is 5.10 Å². The molecule has 5 nitrogen and oxygen atoms in total. The van der Waals surface area contributed by atoms with Gasteiger partial charge in [-0.3, -0.25) is 9.48 Å². The van der Waals surface area contributed by atoms with Crippen LogP contribution < -0.4 is 5.73 Å². The normalized spacial score (nSPS) is 13.1. The summed E-state index contributed by atoms with van der Waals surface area (Å²) < 4.78 is 1.78. The average molecular weight is 197 g/mol. The molecule has 78 valence electrons. The van der Waals surface area contributed by atoms with Crippen LogP contribution in [-0.4, -0.2) is 26.9 Å². The second kappa shape index (κ2) is 4.23. The first kappa shape index (κ1) is 10.7. The average Bonchev–Trinajstić information content (AvgIpc) is 2.52. The van der Waals surface area contributed by atoms with Crippen molar-refractivity contribution in [3.63, 3.8) is 0 Å². The molecule has 1 rings (SSSR count). The van der Waals surface area contributed by atoms with Crippen LogP contribution in [0.4, 0.5) is 0 Å². The highest BCUT2D eigenvalue weighted by Crippen LogP contribution is 2.05. The third-order valence-corrected chi connectivity index (χ3v) is 1.94. The summed E-state index contributed by atoms with van der Waals surface area (Å²) >= 11 is 0. The first-order valence-electron chi connectivity index (χ1n) is 4.53. The summed E-state index contributed by atoms with van der Waals surface area (Å²) in [6, 6.07) is 1.21. The molecule has 0 aromatic carbocycles. The molecular formula is C9H15N3O2. The zero-order valence-corrected chi connectivity index (χ0v) is 8.34. The molecule has 14 heavy (non-hydrogen) atoms. The van der Waals surface area contributed by atoms with Gasteiger partial charge in [-0.15, -0.1) is 0 Å². The van der Waals surface area contributed by atoms with E-state index in [9.17, 15) is 4.79 Å². The van der Waals surface area contributed by atoms with Crippen molar-refractivity contribution in [1.29, 1.82) is 0 Å². The number of carboxylic acids is 1. The minimum Gasteiger partial charge on any atom is -0.480 e. The van der Waals surface area contributed by atoms with Crippen molar-refractivity contribution < 1.29 is 9.90 Å². The monoisotopic (exact) mass is 197 g/mol. The Balaban J connectivity index is 2.64. The molecule has 0 amide bonds. The van der Waals surface area contributed by atoms with Crippen molar-refractivity contribution in [1.82, 2.24) is 9.78 Å². The Bertz CT molecular complexity index is 320. The van der Waals surface area contributed by atoms with Crippen LogP contribution in [0.1, 0.15) is 25.6 Å². The Morgan fingerprint density at radius 3 is 2.79 bits per heavy atom. The molecule has 1 aromatic heterocycles. The molecule has 1 heterocycles. The highest BCUT2D eigenvalue weighted by Gasteiger charge is 2.13. The fourth-order valence-electron chi connectivity index (χ4n) is 1.09. The molecule has 0 aliphatic rings. The number of hydrogen-bond acceptors (Lipinski definition) is 3. The van der Waals surface area contributed by atoms with Crippen molar-refractivity contribution in [3.05, 3.63) is 18.0 Å². The Morgan fingerprint density at radius 2 is 2.36 bits per heavy atom. The van der Waals surface area contributed by atoms with Gasteiger partial charge in [0.1, 0.15) is 6.04 Å². The van der Waals surface area contributed by atoms with Crippen molar-refractivity contribution >= 4 is 5.97 Å². The number of carboxylic acid groups (broad SMARTS) is 1. The molecule has 0 fully saturated rings. The summed E-state index contributed by atoms with van der Waals surface area (Å²) in [6.45, 7) is 4.02. The third kappa shape index (κ3) is 2.56. The number of aliphatic carboxylic acids is 1. The molecule has 0 saturated carbocycles. The largest absolute Gasteiger partial charge is 0.480 e. The van der Waals surface area contributed by atoms with Crippen LogP contribution in [0, 0.1) is 0 Å². The second-order valence-electron chi connectivity index (χ2n) is 3.53. The van der Waals surface area contributed by atoms with E-state index < -0.39 is 12.0 Å². The van der Waals surface area contributed by atoms with E-state index >= 15 is 0 Å². The molecule has 1 unspecified atom stereocenters. The van der Waals surface area contributed by atoms with Crippen molar-refractivity contribution in [2.24, 2.45) is 5.73 Å². The summed E-state index contributed by atoms with van der Waals surface area (Å²) in [7, 11) is 0. The maximum atomic E-state index is 10.5. The molecule has 1 aromatic rings. The number of carbonyl (C=O) groups is 1. The van der Waals surface area contributed by atoms with E-state index in [1.807, 2.05) is 20.0 Å². The van der Waals surface area contributed by atoms with E-state index in [0.29, 0.717) is 5.69 Å². The maximum absolute atomic E-state index is 10.5. The fourth-order valence-corrected chi connectivity index (χ4v) is 1.09. The zero-order valence-electron chi connectivity index (χ0n) is 8.34. The highest BCUT2D eigenvalue weighted by atomic mass is 16.4. The zero-order chi connectivity index (χ0) is 10.7. The predicted octanol–water partition coefficient (Wildman–Crippen LogP) is 0.418. The Kier molecular flexibility index (Phi) is 3.24. The molecule has 0 bridgehead atoms. The summed E-state index contributed by atoms with van der Waals surface area (Å²) in [4.78, 5) is 10.5. The van der Waals surface area contributed by atoms with Crippen molar-refractivity contribution in [3.8, 4) is 0 Å². The second-order valence-corrected chi connectivity index (χ2v) is 3.53. The lowest BCUT2D eigenvalue weighted by Crippen LogP contribution is -2.32. The van der Waals surface area contributed by atoms with Gasteiger partial charge in [0.25, 0.3) is 0 Å². The predicted molar refractivity (Wildman–Crippen MR) is 51.9 cm³/mol. The van der Waals surface area contributed by atoms with Gasteiger partial charge in [-0.1, -0.05) is 0 Å². The van der Waals surface area contributed by atoms with Gasteiger partial charge in [-0.05, 0) is 19.9 Å². The highest BCUT2D eigenvalue weighted by molar-refractivity contribution is 5.73. The smallest absolute Gasteiger partial charge is 0.320 e. The Morgan fingerprint density at radius 1 is 1.71 bits per heavy atom. The van der Waals surface area contributed by atoms with Crippen LogP contribution in [0.5, 0.6) is 0 Å². The summed E-state index contributed by atoms with van der Waals surface area (Å²) in [5.41, 5.74) is 6.10. The molecule has 0 radical (unpaired) electrons. The molecular weight excluding hydrogens is 182 g/mol. The molecule has 1 atom stereocenters. The first-order chi connectivity index (χ1) is 6.50. The molecule has 3 N–H and O–H groups in total. The van der Waals surface area contributed by atoms with E-state index in [-0.39, 0.29) is 12.5 Å². The Labute approximate surface area is 82.5 Å². The lowest BCUT2D eigenvalue weighted by atomic mass is 10.2. The van der Waals surface area contributed by atoms with Gasteiger partial charge < -0.3 is 10.8 Å². The number of rotatable bonds is 4. The van der Waals surface area contributed by atoms with Crippen LogP contribution in [0.2, 0.25) is 0 Å². The summed E-state index contributed by atoms with van der Waals surface area (Å²) in [6.07, 6.45) is 2.10. The van der Waals surface area contributed by atoms with Crippen LogP contribution in [0.25, 0.3) is 0 Å². The first-order valence-corrected chi connectivity index (χ1v) is 4.53.